The number of aliphatic hydroxyl groups is 1. The summed E-state index contributed by atoms with van der Waals surface area (Å²) in [5, 5.41) is 11.5. The molecule has 0 amide bonds. The summed E-state index contributed by atoms with van der Waals surface area (Å²) in [5.74, 6) is 0. The molecule has 21 heavy (non-hydrogen) atoms. The highest BCUT2D eigenvalue weighted by Crippen LogP contribution is 2.09. The first-order valence-corrected chi connectivity index (χ1v) is 9.38. The maximum atomic E-state index is 8.57. The molecule has 0 aliphatic rings. The summed E-state index contributed by atoms with van der Waals surface area (Å²) in [4.78, 5) is 0. The Balaban J connectivity index is 3.02. The standard InChI is InChI=1S/C19H39NO/c1-2-3-4-5-6-7-8-9-10-11-12-13-14-15-16-17-18-20-19-21/h9-10,20-21H,2-8,11-19H2,1H3/b10-9-. The summed E-state index contributed by atoms with van der Waals surface area (Å²) in [7, 11) is 0. The van der Waals surface area contributed by atoms with Gasteiger partial charge in [-0.2, -0.15) is 0 Å². The molecule has 0 unspecified atom stereocenters. The molecule has 0 saturated heterocycles. The van der Waals surface area contributed by atoms with Crippen molar-refractivity contribution in [2.24, 2.45) is 0 Å². The highest BCUT2D eigenvalue weighted by molar-refractivity contribution is 4.81. The molecule has 0 aliphatic carbocycles. The fraction of sp³-hybridized carbons (Fsp3) is 0.895. The molecule has 0 aromatic rings. The van der Waals surface area contributed by atoms with Crippen LogP contribution >= 0.6 is 0 Å². The van der Waals surface area contributed by atoms with Crippen molar-refractivity contribution in [2.75, 3.05) is 13.3 Å². The minimum atomic E-state index is 0.116. The molecule has 126 valence electrons. The van der Waals surface area contributed by atoms with Gasteiger partial charge in [0.2, 0.25) is 0 Å². The first-order chi connectivity index (χ1) is 10.4. The Kier molecular flexibility index (Phi) is 19.3. The van der Waals surface area contributed by atoms with Crippen molar-refractivity contribution in [1.29, 1.82) is 0 Å². The van der Waals surface area contributed by atoms with Crippen molar-refractivity contribution in [3.63, 3.8) is 0 Å². The van der Waals surface area contributed by atoms with Gasteiger partial charge in [0.05, 0.1) is 6.73 Å². The lowest BCUT2D eigenvalue weighted by Crippen LogP contribution is -2.15. The van der Waals surface area contributed by atoms with E-state index in [4.69, 9.17) is 5.11 Å². The van der Waals surface area contributed by atoms with E-state index in [1.807, 2.05) is 0 Å². The molecule has 0 saturated carbocycles. The molecular weight excluding hydrogens is 258 g/mol. The topological polar surface area (TPSA) is 32.3 Å². The Morgan fingerprint density at radius 3 is 1.67 bits per heavy atom. The van der Waals surface area contributed by atoms with Gasteiger partial charge in [0, 0.05) is 0 Å². The number of nitrogens with one attached hydrogen (secondary N) is 1. The number of rotatable bonds is 17. The van der Waals surface area contributed by atoms with Crippen molar-refractivity contribution in [3.05, 3.63) is 12.2 Å². The third-order valence-electron chi connectivity index (χ3n) is 3.98. The van der Waals surface area contributed by atoms with Crippen LogP contribution in [0.4, 0.5) is 0 Å². The molecule has 0 atom stereocenters. The van der Waals surface area contributed by atoms with Crippen molar-refractivity contribution >= 4 is 0 Å². The van der Waals surface area contributed by atoms with Gasteiger partial charge in [-0.1, -0.05) is 76.9 Å². The van der Waals surface area contributed by atoms with Crippen LogP contribution < -0.4 is 5.32 Å². The summed E-state index contributed by atoms with van der Waals surface area (Å²) in [6, 6.07) is 0. The predicted molar refractivity (Wildman–Crippen MR) is 94.5 cm³/mol. The number of aliphatic hydroxyl groups excluding tert-OH is 1. The van der Waals surface area contributed by atoms with E-state index in [2.05, 4.69) is 24.4 Å². The van der Waals surface area contributed by atoms with Crippen molar-refractivity contribution in [1.82, 2.24) is 5.32 Å². The normalized spacial score (nSPS) is 11.5. The minimum Gasteiger partial charge on any atom is -0.381 e. The van der Waals surface area contributed by atoms with Gasteiger partial charge in [-0.05, 0) is 38.6 Å². The fourth-order valence-electron chi connectivity index (χ4n) is 2.58. The van der Waals surface area contributed by atoms with Crippen LogP contribution in [0.1, 0.15) is 96.8 Å². The van der Waals surface area contributed by atoms with E-state index >= 15 is 0 Å². The number of unbranched alkanes of at least 4 members (excludes halogenated alkanes) is 12. The van der Waals surface area contributed by atoms with E-state index in [1.54, 1.807) is 0 Å². The molecule has 2 N–H and O–H groups in total. The Hall–Kier alpha value is -0.340. The number of hydrogen-bond donors (Lipinski definition) is 2. The number of hydrogen-bond acceptors (Lipinski definition) is 2. The summed E-state index contributed by atoms with van der Waals surface area (Å²) < 4.78 is 0. The molecule has 0 fully saturated rings. The summed E-state index contributed by atoms with van der Waals surface area (Å²) in [5.41, 5.74) is 0. The molecule has 0 aromatic carbocycles. The molecule has 0 heterocycles. The lowest BCUT2D eigenvalue weighted by atomic mass is 10.1. The van der Waals surface area contributed by atoms with Gasteiger partial charge in [-0.3, -0.25) is 5.32 Å². The third-order valence-corrected chi connectivity index (χ3v) is 3.98. The lowest BCUT2D eigenvalue weighted by Gasteiger charge is -2.01. The van der Waals surface area contributed by atoms with E-state index in [-0.39, 0.29) is 6.73 Å². The van der Waals surface area contributed by atoms with Crippen LogP contribution in [0.3, 0.4) is 0 Å². The highest BCUT2D eigenvalue weighted by Gasteiger charge is 1.91. The SMILES string of the molecule is CCCCCCCC/C=C\CCCCCCCCNCO. The first kappa shape index (κ1) is 20.7. The first-order valence-electron chi connectivity index (χ1n) is 9.38. The molecule has 0 aromatic heterocycles. The average molecular weight is 298 g/mol. The molecular formula is C19H39NO. The molecule has 2 heteroatoms. The van der Waals surface area contributed by atoms with E-state index in [0.29, 0.717) is 0 Å². The van der Waals surface area contributed by atoms with Gasteiger partial charge in [-0.15, -0.1) is 0 Å². The van der Waals surface area contributed by atoms with Crippen molar-refractivity contribution in [3.8, 4) is 0 Å². The van der Waals surface area contributed by atoms with Crippen LogP contribution in [0.25, 0.3) is 0 Å². The minimum absolute atomic E-state index is 0.116. The second kappa shape index (κ2) is 19.7. The van der Waals surface area contributed by atoms with Crippen molar-refractivity contribution in [2.45, 2.75) is 96.8 Å². The van der Waals surface area contributed by atoms with Crippen molar-refractivity contribution < 1.29 is 5.11 Å². The van der Waals surface area contributed by atoms with E-state index in [0.717, 1.165) is 6.54 Å². The zero-order valence-corrected chi connectivity index (χ0v) is 14.4. The van der Waals surface area contributed by atoms with E-state index in [9.17, 15) is 0 Å². The van der Waals surface area contributed by atoms with Gasteiger partial charge in [0.1, 0.15) is 0 Å². The molecule has 2 nitrogen and oxygen atoms in total. The van der Waals surface area contributed by atoms with Crippen LogP contribution in [-0.2, 0) is 0 Å². The van der Waals surface area contributed by atoms with E-state index in [1.165, 1.54) is 89.9 Å². The quantitative estimate of drug-likeness (QED) is 0.209. The molecule has 0 spiro atoms. The third kappa shape index (κ3) is 19.7. The van der Waals surface area contributed by atoms with Gasteiger partial charge in [0.15, 0.2) is 0 Å². The van der Waals surface area contributed by atoms with Crippen LogP contribution in [0.15, 0.2) is 12.2 Å². The Bertz CT molecular complexity index is 204. The van der Waals surface area contributed by atoms with Crippen LogP contribution in [-0.4, -0.2) is 18.4 Å². The maximum absolute atomic E-state index is 8.57. The van der Waals surface area contributed by atoms with Gasteiger partial charge < -0.3 is 5.11 Å². The summed E-state index contributed by atoms with van der Waals surface area (Å²) >= 11 is 0. The van der Waals surface area contributed by atoms with Gasteiger partial charge in [-0.25, -0.2) is 0 Å². The smallest absolute Gasteiger partial charge is 0.0931 e. The van der Waals surface area contributed by atoms with Crippen LogP contribution in [0.5, 0.6) is 0 Å². The summed E-state index contributed by atoms with van der Waals surface area (Å²) in [6.45, 7) is 3.35. The maximum Gasteiger partial charge on any atom is 0.0931 e. The molecule has 0 rings (SSSR count). The summed E-state index contributed by atoms with van der Waals surface area (Å²) in [6.07, 6.45) is 23.6. The monoisotopic (exact) mass is 297 g/mol. The fourth-order valence-corrected chi connectivity index (χ4v) is 2.58. The second-order valence-corrected chi connectivity index (χ2v) is 6.10. The van der Waals surface area contributed by atoms with Crippen LogP contribution in [0, 0.1) is 0 Å². The van der Waals surface area contributed by atoms with Gasteiger partial charge in [0.25, 0.3) is 0 Å². The highest BCUT2D eigenvalue weighted by atomic mass is 16.3. The Morgan fingerprint density at radius 2 is 1.14 bits per heavy atom. The molecule has 0 bridgehead atoms. The van der Waals surface area contributed by atoms with Crippen LogP contribution in [0.2, 0.25) is 0 Å². The van der Waals surface area contributed by atoms with E-state index < -0.39 is 0 Å². The lowest BCUT2D eigenvalue weighted by molar-refractivity contribution is 0.260. The largest absolute Gasteiger partial charge is 0.381 e. The Labute approximate surface area is 133 Å². The molecule has 0 radical (unpaired) electrons. The average Bonchev–Trinajstić information content (AvgIpc) is 2.50. The second-order valence-electron chi connectivity index (χ2n) is 6.10. The predicted octanol–water partition coefficient (Wildman–Crippen LogP) is 5.56. The zero-order chi connectivity index (χ0) is 15.4. The van der Waals surface area contributed by atoms with Gasteiger partial charge >= 0.3 is 0 Å². The Morgan fingerprint density at radius 1 is 0.667 bits per heavy atom. The molecule has 0 aliphatic heterocycles. The number of allylic oxidation sites excluding steroid dienone is 2. The zero-order valence-electron chi connectivity index (χ0n) is 14.4.